The lowest BCUT2D eigenvalue weighted by Crippen LogP contribution is -2.53. The molecule has 0 unspecified atom stereocenters. The summed E-state index contributed by atoms with van der Waals surface area (Å²) in [6.07, 6.45) is 0. The number of fused-ring (bicyclic) bond motifs is 10. The van der Waals surface area contributed by atoms with Crippen molar-refractivity contribution in [1.29, 1.82) is 0 Å². The zero-order chi connectivity index (χ0) is 51.5. The van der Waals surface area contributed by atoms with E-state index < -0.39 is 241 Å². The van der Waals surface area contributed by atoms with E-state index in [1.54, 1.807) is 0 Å². The molecule has 47 heavy (non-hydrogen) atoms. The van der Waals surface area contributed by atoms with Crippen molar-refractivity contribution in [3.63, 3.8) is 0 Å². The number of rotatable bonds is 2. The quantitative estimate of drug-likeness (QED) is 0.180. The Morgan fingerprint density at radius 1 is 0.553 bits per heavy atom. The monoisotopic (exact) mass is 625 g/mol. The Hall–Kier alpha value is -6.20. The van der Waals surface area contributed by atoms with Crippen molar-refractivity contribution in [3.05, 3.63) is 145 Å². The summed E-state index contributed by atoms with van der Waals surface area (Å²) < 4.78 is 234. The number of nitrogens with zero attached hydrogens (tertiary/aromatic N) is 1. The van der Waals surface area contributed by atoms with Crippen molar-refractivity contribution < 1.29 is 46.7 Å². The van der Waals surface area contributed by atoms with E-state index in [4.69, 9.17) is 39.9 Å². The number of benzene rings is 7. The lowest BCUT2D eigenvalue weighted by Gasteiger charge is -2.34. The molecule has 2 aromatic heterocycles. The van der Waals surface area contributed by atoms with Gasteiger partial charge in [0.2, 0.25) is 0 Å². The average molecular weight is 626 g/mol. The van der Waals surface area contributed by atoms with Crippen molar-refractivity contribution in [1.82, 2.24) is 4.57 Å². The predicted molar refractivity (Wildman–Crippen MR) is 191 cm³/mol. The molecule has 0 aliphatic carbocycles. The van der Waals surface area contributed by atoms with Gasteiger partial charge in [-0.05, 0) is 53.4 Å². The van der Waals surface area contributed by atoms with E-state index in [2.05, 4.69) is 0 Å². The Balaban J connectivity index is 1.36. The molecule has 2 aliphatic heterocycles. The van der Waals surface area contributed by atoms with Gasteiger partial charge >= 0.3 is 6.92 Å². The summed E-state index contributed by atoms with van der Waals surface area (Å²) in [5.74, 6) is -1.98. The van der Waals surface area contributed by atoms with Gasteiger partial charge in [-0.3, -0.25) is 0 Å². The number of furan rings is 1. The molecule has 0 fully saturated rings. The number of hydrogen-bond acceptors (Lipinski definition) is 3. The fraction of sp³-hybridized carbons (Fsp3) is 0. The van der Waals surface area contributed by atoms with Gasteiger partial charge in [-0.25, -0.2) is 0 Å². The van der Waals surface area contributed by atoms with Gasteiger partial charge in [-0.15, -0.1) is 0 Å². The van der Waals surface area contributed by atoms with E-state index in [0.29, 0.717) is 0 Å². The smallest absolute Gasteiger partial charge is 0.434 e. The SMILES string of the molecule is [2H]c1c([2H])c([2H])c2c(c1[2H])OB1c3c([2H])c([2H])c([2H])c(-n4c5c([2H])c([2H])c([2H])c([2H])c5c5c([2H])c([2H])c([2H])c([2H])c54)c3Oc3c([2H])c(-c4c([2H])c([2H])c([2H])c5c4oc4c([2H])c([2H])c([2H])c([2H])c45)c([2H])c-2c31. The standard InChI is InChI=1S/C42H24BNO3/c1-5-18-34-27(11-1)28-12-2-6-19-35(28)44(34)36-20-10-17-33-42(36)46-39-24-25(23-32-30-14-4-8-22-38(30)47-43(33)40(32)39)26-15-9-16-31-29-13-3-7-21-37(29)45-41(26)31/h1-24H/i1D,2D,3D,4D,5D,6D,7D,8D,9D,10D,11D,12D,13D,14D,15D,16D,17D,18D,19D,20D,21D,22D,23D,24D. The summed E-state index contributed by atoms with van der Waals surface area (Å²) in [7, 11) is 0. The molecule has 9 aromatic rings. The predicted octanol–water partition coefficient (Wildman–Crippen LogP) is 9.62. The number of ether oxygens (including phenoxy) is 1. The third-order valence-electron chi connectivity index (χ3n) is 8.15. The highest BCUT2D eigenvalue weighted by atomic mass is 16.5. The molecule has 0 radical (unpaired) electrons. The molecule has 0 saturated heterocycles. The molecule has 4 heterocycles. The molecule has 5 heteroatoms. The normalized spacial score (nSPS) is 20.1. The molecule has 2 aliphatic rings. The first kappa shape index (κ1) is 11.6. The Morgan fingerprint density at radius 2 is 1.23 bits per heavy atom. The molecular weight excluding hydrogens is 577 g/mol. The lowest BCUT2D eigenvalue weighted by atomic mass is 9.50. The highest BCUT2D eigenvalue weighted by Gasteiger charge is 2.42. The van der Waals surface area contributed by atoms with Crippen LogP contribution in [0.4, 0.5) is 0 Å². The van der Waals surface area contributed by atoms with Crippen LogP contribution in [0.15, 0.2) is 149 Å². The molecule has 7 aromatic carbocycles. The molecule has 0 atom stereocenters. The Kier molecular flexibility index (Phi) is 2.26. The summed E-state index contributed by atoms with van der Waals surface area (Å²) in [5, 5.41) is -1.65. The maximum absolute atomic E-state index is 9.90. The summed E-state index contributed by atoms with van der Waals surface area (Å²) in [6, 6.07) is -19.2. The first-order chi connectivity index (χ1) is 33.3. The van der Waals surface area contributed by atoms with Crippen molar-refractivity contribution >= 4 is 61.6 Å². The third kappa shape index (κ3) is 3.38. The van der Waals surface area contributed by atoms with Crippen LogP contribution in [-0.4, -0.2) is 11.5 Å². The first-order valence-electron chi connectivity index (χ1n) is 26.0. The Bertz CT molecular complexity index is 4050. The second-order valence-electron chi connectivity index (χ2n) is 10.6. The number of para-hydroxylation sites is 6. The van der Waals surface area contributed by atoms with Crippen LogP contribution >= 0.6 is 0 Å². The zero-order valence-corrected chi connectivity index (χ0v) is 23.2. The van der Waals surface area contributed by atoms with Crippen LogP contribution in [0.3, 0.4) is 0 Å². The van der Waals surface area contributed by atoms with Crippen molar-refractivity contribution in [2.75, 3.05) is 0 Å². The van der Waals surface area contributed by atoms with Gasteiger partial charge in [0.15, 0.2) is 0 Å². The Labute approximate surface area is 303 Å². The summed E-state index contributed by atoms with van der Waals surface area (Å²) in [6.45, 7) is -1.89. The fourth-order valence-electron chi connectivity index (χ4n) is 6.21. The molecule has 0 saturated carbocycles. The van der Waals surface area contributed by atoms with Crippen LogP contribution in [0.2, 0.25) is 0 Å². The third-order valence-corrected chi connectivity index (χ3v) is 8.15. The average Bonchev–Trinajstić information content (AvgIpc) is 3.92. The highest BCUT2D eigenvalue weighted by Crippen LogP contribution is 2.45. The topological polar surface area (TPSA) is 36.5 Å². The van der Waals surface area contributed by atoms with E-state index in [1.807, 2.05) is 0 Å². The van der Waals surface area contributed by atoms with Crippen LogP contribution < -0.4 is 20.3 Å². The van der Waals surface area contributed by atoms with Crippen LogP contribution in [-0.2, 0) is 0 Å². The van der Waals surface area contributed by atoms with Gasteiger partial charge in [0.1, 0.15) is 28.4 Å². The van der Waals surface area contributed by atoms with E-state index >= 15 is 0 Å². The van der Waals surface area contributed by atoms with E-state index in [1.165, 1.54) is 0 Å². The summed E-state index contributed by atoms with van der Waals surface area (Å²) in [5.41, 5.74) is -5.88. The minimum atomic E-state index is -1.89. The van der Waals surface area contributed by atoms with Crippen molar-refractivity contribution in [2.24, 2.45) is 0 Å². The number of hydrogen-bond donors (Lipinski definition) is 0. The minimum absolute atomic E-state index is 0.355. The molecular formula is C42H24BNO3. The molecule has 0 bridgehead atoms. The van der Waals surface area contributed by atoms with Gasteiger partial charge in [0.25, 0.3) is 0 Å². The van der Waals surface area contributed by atoms with E-state index in [-0.39, 0.29) is 10.8 Å². The van der Waals surface area contributed by atoms with Crippen LogP contribution in [0.1, 0.15) is 32.9 Å². The van der Waals surface area contributed by atoms with Crippen molar-refractivity contribution in [2.45, 2.75) is 0 Å². The largest absolute Gasteiger partial charge is 0.551 e. The maximum Gasteiger partial charge on any atom is 0.434 e. The molecule has 0 spiro atoms. The molecule has 4 nitrogen and oxygen atoms in total. The highest BCUT2D eigenvalue weighted by molar-refractivity contribution is 6.84. The minimum Gasteiger partial charge on any atom is -0.551 e. The number of aromatic nitrogens is 1. The van der Waals surface area contributed by atoms with Gasteiger partial charge in [-0.2, -0.15) is 0 Å². The van der Waals surface area contributed by atoms with Crippen LogP contribution in [0.25, 0.3) is 71.7 Å². The van der Waals surface area contributed by atoms with Gasteiger partial charge < -0.3 is 18.4 Å². The molecule has 218 valence electrons. The zero-order valence-electron chi connectivity index (χ0n) is 47.2. The second kappa shape index (κ2) is 9.18. The second-order valence-corrected chi connectivity index (χ2v) is 10.6. The van der Waals surface area contributed by atoms with Crippen molar-refractivity contribution in [3.8, 4) is 45.2 Å². The van der Waals surface area contributed by atoms with Crippen LogP contribution in [0, 0.1) is 0 Å². The lowest BCUT2D eigenvalue weighted by molar-refractivity contribution is 0.478. The van der Waals surface area contributed by atoms with E-state index in [0.717, 1.165) is 4.57 Å². The molecule has 11 rings (SSSR count). The van der Waals surface area contributed by atoms with Crippen LogP contribution in [0.5, 0.6) is 17.2 Å². The summed E-state index contributed by atoms with van der Waals surface area (Å²) in [4.78, 5) is 0. The molecule has 0 amide bonds. The van der Waals surface area contributed by atoms with Gasteiger partial charge in [0, 0.05) is 43.6 Å². The maximum atomic E-state index is 9.90. The fourth-order valence-corrected chi connectivity index (χ4v) is 6.21. The Morgan fingerprint density at radius 3 is 2.09 bits per heavy atom. The van der Waals surface area contributed by atoms with E-state index in [9.17, 15) is 6.85 Å². The summed E-state index contributed by atoms with van der Waals surface area (Å²) >= 11 is 0. The molecule has 0 N–H and O–H groups in total. The first-order valence-corrected chi connectivity index (χ1v) is 14.0. The van der Waals surface area contributed by atoms with Gasteiger partial charge in [-0.1, -0.05) is 103 Å². The van der Waals surface area contributed by atoms with Gasteiger partial charge in [0.05, 0.1) is 49.6 Å².